The lowest BCUT2D eigenvalue weighted by atomic mass is 10.3. The van der Waals surface area contributed by atoms with Crippen LogP contribution in [0.2, 0.25) is 0 Å². The normalized spacial score (nSPS) is 10.3. The standard InChI is InChI=1S/C15H13FN6O/c16-12-8-4-5-9-13(12)18-15(23)17-10-14-19-20-21-22(14)11-6-2-1-3-7-11/h1-9H,10H2,(H2,17,18,23). The zero-order valence-corrected chi connectivity index (χ0v) is 12.0. The van der Waals surface area contributed by atoms with E-state index < -0.39 is 11.8 Å². The van der Waals surface area contributed by atoms with Crippen LogP contribution in [0.4, 0.5) is 14.9 Å². The highest BCUT2D eigenvalue weighted by Gasteiger charge is 2.10. The van der Waals surface area contributed by atoms with Crippen molar-refractivity contribution in [2.75, 3.05) is 5.32 Å². The number of halogens is 1. The lowest BCUT2D eigenvalue weighted by molar-refractivity contribution is 0.251. The second-order valence-corrected chi connectivity index (χ2v) is 4.63. The van der Waals surface area contributed by atoms with Gasteiger partial charge < -0.3 is 10.6 Å². The zero-order valence-electron chi connectivity index (χ0n) is 12.0. The summed E-state index contributed by atoms with van der Waals surface area (Å²) in [6.07, 6.45) is 0. The predicted molar refractivity (Wildman–Crippen MR) is 81.4 cm³/mol. The molecule has 0 radical (unpaired) electrons. The van der Waals surface area contributed by atoms with Crippen LogP contribution in [0.1, 0.15) is 5.82 Å². The molecule has 0 saturated carbocycles. The average Bonchev–Trinajstić information content (AvgIpc) is 3.04. The summed E-state index contributed by atoms with van der Waals surface area (Å²) >= 11 is 0. The van der Waals surface area contributed by atoms with Gasteiger partial charge in [0, 0.05) is 0 Å². The van der Waals surface area contributed by atoms with Gasteiger partial charge >= 0.3 is 6.03 Å². The Labute approximate surface area is 131 Å². The number of anilines is 1. The van der Waals surface area contributed by atoms with Gasteiger partial charge in [-0.25, -0.2) is 9.18 Å². The van der Waals surface area contributed by atoms with E-state index in [1.165, 1.54) is 16.8 Å². The first kappa shape index (κ1) is 14.6. The van der Waals surface area contributed by atoms with Gasteiger partial charge in [-0.3, -0.25) is 0 Å². The molecule has 0 atom stereocenters. The minimum absolute atomic E-state index is 0.0994. The number of nitrogens with zero attached hydrogens (tertiary/aromatic N) is 4. The molecule has 3 aromatic rings. The van der Waals surface area contributed by atoms with Crippen LogP contribution in [0.5, 0.6) is 0 Å². The number of benzene rings is 2. The van der Waals surface area contributed by atoms with Crippen molar-refractivity contribution in [1.82, 2.24) is 25.5 Å². The van der Waals surface area contributed by atoms with Crippen LogP contribution in [0.25, 0.3) is 5.69 Å². The maximum Gasteiger partial charge on any atom is 0.319 e. The van der Waals surface area contributed by atoms with E-state index in [-0.39, 0.29) is 12.2 Å². The summed E-state index contributed by atoms with van der Waals surface area (Å²) in [6.45, 7) is 0.0994. The van der Waals surface area contributed by atoms with Gasteiger partial charge in [0.2, 0.25) is 0 Å². The van der Waals surface area contributed by atoms with E-state index in [0.29, 0.717) is 5.82 Å². The molecule has 8 heteroatoms. The molecule has 0 saturated heterocycles. The van der Waals surface area contributed by atoms with Crippen molar-refractivity contribution in [1.29, 1.82) is 0 Å². The number of para-hydroxylation sites is 2. The minimum Gasteiger partial charge on any atom is -0.330 e. The quantitative estimate of drug-likeness (QED) is 0.773. The van der Waals surface area contributed by atoms with Crippen molar-refractivity contribution in [2.24, 2.45) is 0 Å². The van der Waals surface area contributed by atoms with Gasteiger partial charge in [0.1, 0.15) is 5.82 Å². The molecule has 23 heavy (non-hydrogen) atoms. The Morgan fingerprint density at radius 2 is 1.83 bits per heavy atom. The van der Waals surface area contributed by atoms with Crippen LogP contribution in [-0.2, 0) is 6.54 Å². The van der Waals surface area contributed by atoms with Crippen molar-refractivity contribution in [3.63, 3.8) is 0 Å². The number of hydrogen-bond donors (Lipinski definition) is 2. The number of urea groups is 1. The van der Waals surface area contributed by atoms with Crippen LogP contribution >= 0.6 is 0 Å². The molecule has 1 heterocycles. The highest BCUT2D eigenvalue weighted by Crippen LogP contribution is 2.12. The van der Waals surface area contributed by atoms with Crippen LogP contribution in [0.3, 0.4) is 0 Å². The fourth-order valence-corrected chi connectivity index (χ4v) is 1.97. The van der Waals surface area contributed by atoms with Crippen LogP contribution in [0.15, 0.2) is 54.6 Å². The first-order chi connectivity index (χ1) is 11.2. The molecule has 0 unspecified atom stereocenters. The monoisotopic (exact) mass is 312 g/mol. The van der Waals surface area contributed by atoms with Crippen LogP contribution < -0.4 is 10.6 Å². The Morgan fingerprint density at radius 1 is 1.09 bits per heavy atom. The second-order valence-electron chi connectivity index (χ2n) is 4.63. The maximum atomic E-state index is 13.5. The highest BCUT2D eigenvalue weighted by atomic mass is 19.1. The number of nitrogens with one attached hydrogen (secondary N) is 2. The van der Waals surface area contributed by atoms with Crippen LogP contribution in [-0.4, -0.2) is 26.2 Å². The molecule has 0 aliphatic rings. The molecule has 1 aromatic heterocycles. The fraction of sp³-hybridized carbons (Fsp3) is 0.0667. The lowest BCUT2D eigenvalue weighted by Crippen LogP contribution is -2.29. The molecule has 116 valence electrons. The number of hydrogen-bond acceptors (Lipinski definition) is 4. The van der Waals surface area contributed by atoms with Gasteiger partial charge in [-0.15, -0.1) is 5.10 Å². The van der Waals surface area contributed by atoms with Crippen molar-refractivity contribution in [2.45, 2.75) is 6.54 Å². The summed E-state index contributed by atoms with van der Waals surface area (Å²) < 4.78 is 15.0. The average molecular weight is 312 g/mol. The second kappa shape index (κ2) is 6.65. The third kappa shape index (κ3) is 3.49. The number of aromatic nitrogens is 4. The van der Waals surface area contributed by atoms with Gasteiger partial charge in [0.15, 0.2) is 5.82 Å². The van der Waals surface area contributed by atoms with E-state index in [0.717, 1.165) is 5.69 Å². The molecule has 0 bridgehead atoms. The molecule has 3 rings (SSSR count). The van der Waals surface area contributed by atoms with E-state index in [2.05, 4.69) is 26.2 Å². The summed E-state index contributed by atoms with van der Waals surface area (Å²) in [6, 6.07) is 14.7. The first-order valence-corrected chi connectivity index (χ1v) is 6.86. The maximum absolute atomic E-state index is 13.5. The zero-order chi connectivity index (χ0) is 16.1. The number of rotatable bonds is 4. The van der Waals surface area contributed by atoms with E-state index >= 15 is 0 Å². The Bertz CT molecular complexity index is 804. The molecule has 2 aromatic carbocycles. The molecular formula is C15H13FN6O. The third-order valence-electron chi connectivity index (χ3n) is 3.06. The highest BCUT2D eigenvalue weighted by molar-refractivity contribution is 5.89. The van der Waals surface area contributed by atoms with E-state index in [4.69, 9.17) is 0 Å². The smallest absolute Gasteiger partial charge is 0.319 e. The predicted octanol–water partition coefficient (Wildman–Crippen LogP) is 2.12. The third-order valence-corrected chi connectivity index (χ3v) is 3.06. The molecular weight excluding hydrogens is 299 g/mol. The van der Waals surface area contributed by atoms with Crippen molar-refractivity contribution in [3.8, 4) is 5.69 Å². The van der Waals surface area contributed by atoms with Crippen LogP contribution in [0, 0.1) is 5.82 Å². The Kier molecular flexibility index (Phi) is 4.23. The summed E-state index contributed by atoms with van der Waals surface area (Å²) in [5, 5.41) is 16.4. The number of carbonyl (C=O) groups excluding carboxylic acids is 1. The molecule has 0 aliphatic carbocycles. The topological polar surface area (TPSA) is 84.7 Å². The van der Waals surface area contributed by atoms with Gasteiger partial charge in [-0.1, -0.05) is 30.3 Å². The number of amides is 2. The van der Waals surface area contributed by atoms with Gasteiger partial charge in [0.25, 0.3) is 0 Å². The SMILES string of the molecule is O=C(NCc1nnnn1-c1ccccc1)Nc1ccccc1F. The van der Waals surface area contributed by atoms with E-state index in [1.54, 1.807) is 12.1 Å². The molecule has 2 N–H and O–H groups in total. The fourth-order valence-electron chi connectivity index (χ4n) is 1.97. The van der Waals surface area contributed by atoms with Gasteiger partial charge in [-0.05, 0) is 34.7 Å². The largest absolute Gasteiger partial charge is 0.330 e. The summed E-state index contributed by atoms with van der Waals surface area (Å²) in [5.74, 6) is -0.0448. The summed E-state index contributed by atoms with van der Waals surface area (Å²) in [5.41, 5.74) is 0.886. The Morgan fingerprint density at radius 3 is 2.61 bits per heavy atom. The number of carbonyl (C=O) groups is 1. The molecule has 0 aliphatic heterocycles. The first-order valence-electron chi connectivity index (χ1n) is 6.86. The van der Waals surface area contributed by atoms with E-state index in [1.807, 2.05) is 30.3 Å². The summed E-state index contributed by atoms with van der Waals surface area (Å²) in [4.78, 5) is 11.8. The Hall–Kier alpha value is -3.29. The lowest BCUT2D eigenvalue weighted by Gasteiger charge is -2.08. The molecule has 2 amide bonds. The molecule has 7 nitrogen and oxygen atoms in total. The van der Waals surface area contributed by atoms with Crippen molar-refractivity contribution < 1.29 is 9.18 Å². The summed E-state index contributed by atoms with van der Waals surface area (Å²) in [7, 11) is 0. The minimum atomic E-state index is -0.544. The van der Waals surface area contributed by atoms with E-state index in [9.17, 15) is 9.18 Å². The molecule has 0 fully saturated rings. The molecule has 0 spiro atoms. The van der Waals surface area contributed by atoms with Crippen molar-refractivity contribution in [3.05, 3.63) is 66.2 Å². The Balaban J connectivity index is 1.64. The van der Waals surface area contributed by atoms with Gasteiger partial charge in [0.05, 0.1) is 17.9 Å². The van der Waals surface area contributed by atoms with Crippen molar-refractivity contribution >= 4 is 11.7 Å². The van der Waals surface area contributed by atoms with Gasteiger partial charge in [-0.2, -0.15) is 4.68 Å². The number of tetrazole rings is 1.